The molecule has 166 valence electrons. The van der Waals surface area contributed by atoms with Crippen LogP contribution in [0, 0.1) is 0 Å². The van der Waals surface area contributed by atoms with Crippen LogP contribution in [-0.4, -0.2) is 32.8 Å². The van der Waals surface area contributed by atoms with E-state index in [9.17, 15) is 9.59 Å². The summed E-state index contributed by atoms with van der Waals surface area (Å²) in [4.78, 5) is 32.4. The van der Waals surface area contributed by atoms with Crippen molar-refractivity contribution in [3.05, 3.63) is 95.3 Å². The quantitative estimate of drug-likeness (QED) is 0.449. The number of anilines is 1. The van der Waals surface area contributed by atoms with Crippen LogP contribution in [0.4, 0.5) is 5.69 Å². The smallest absolute Gasteiger partial charge is 0.244 e. The first-order valence-electron chi connectivity index (χ1n) is 10.9. The molecule has 0 radical (unpaired) electrons. The van der Waals surface area contributed by atoms with E-state index in [1.54, 1.807) is 24.3 Å². The lowest BCUT2D eigenvalue weighted by Crippen LogP contribution is -2.25. The number of hydrogen-bond donors (Lipinski definition) is 1. The molecule has 0 unspecified atom stereocenters. The van der Waals surface area contributed by atoms with E-state index < -0.39 is 0 Å². The Hall–Kier alpha value is -3.64. The van der Waals surface area contributed by atoms with Gasteiger partial charge in [0, 0.05) is 36.1 Å². The molecule has 7 heteroatoms. The van der Waals surface area contributed by atoms with E-state index in [1.165, 1.54) is 0 Å². The van der Waals surface area contributed by atoms with Crippen LogP contribution in [0.1, 0.15) is 23.7 Å². The summed E-state index contributed by atoms with van der Waals surface area (Å²) in [6.07, 6.45) is 0.381. The Bertz CT molecular complexity index is 1320. The summed E-state index contributed by atoms with van der Waals surface area (Å²) < 4.78 is 1.93. The monoisotopic (exact) mass is 458 g/mol. The first-order valence-corrected chi connectivity index (χ1v) is 11.3. The number of carbonyl (C=O) groups is 2. The molecule has 0 aliphatic carbocycles. The lowest BCUT2D eigenvalue weighted by Gasteiger charge is -2.17. The van der Waals surface area contributed by atoms with Gasteiger partial charge in [-0.25, -0.2) is 4.98 Å². The van der Waals surface area contributed by atoms with Gasteiger partial charge < -0.3 is 14.8 Å². The number of para-hydroxylation sites is 2. The number of nitrogens with zero attached hydrogens (tertiary/aromatic N) is 3. The van der Waals surface area contributed by atoms with E-state index in [1.807, 2.05) is 64.1 Å². The van der Waals surface area contributed by atoms with E-state index >= 15 is 0 Å². The number of halogens is 1. The molecule has 0 bridgehead atoms. The molecule has 6 nitrogen and oxygen atoms in total. The first-order chi connectivity index (χ1) is 16.1. The number of imidazole rings is 1. The minimum absolute atomic E-state index is 0.0763. The fraction of sp³-hybridized carbons (Fsp3) is 0.192. The molecule has 5 rings (SSSR count). The number of fused-ring (bicyclic) bond motifs is 1. The van der Waals surface area contributed by atoms with Gasteiger partial charge in [-0.1, -0.05) is 60.1 Å². The van der Waals surface area contributed by atoms with Crippen LogP contribution in [0.2, 0.25) is 5.02 Å². The fourth-order valence-corrected chi connectivity index (χ4v) is 4.57. The third kappa shape index (κ3) is 4.61. The highest BCUT2D eigenvalue weighted by Gasteiger charge is 2.34. The molecule has 1 aromatic heterocycles. The predicted octanol–water partition coefficient (Wildman–Crippen LogP) is 4.84. The Morgan fingerprint density at radius 2 is 1.82 bits per heavy atom. The molecule has 4 aromatic rings. The molecule has 1 saturated heterocycles. The number of amides is 2. The third-order valence-corrected chi connectivity index (χ3v) is 6.13. The summed E-state index contributed by atoms with van der Waals surface area (Å²) in [6.45, 7) is 1.25. The van der Waals surface area contributed by atoms with E-state index in [2.05, 4.69) is 5.32 Å². The molecule has 0 saturated carbocycles. The molecule has 1 N–H and O–H groups in total. The Kier molecular flexibility index (Phi) is 5.84. The molecule has 33 heavy (non-hydrogen) atoms. The Morgan fingerprint density at radius 1 is 1.03 bits per heavy atom. The van der Waals surface area contributed by atoms with Gasteiger partial charge >= 0.3 is 0 Å². The maximum atomic E-state index is 12.9. The average Bonchev–Trinajstić information content (AvgIpc) is 3.35. The molecule has 1 aliphatic heterocycles. The Labute approximate surface area is 196 Å². The van der Waals surface area contributed by atoms with Gasteiger partial charge in [-0.2, -0.15) is 0 Å². The van der Waals surface area contributed by atoms with Crippen molar-refractivity contribution in [1.82, 2.24) is 14.5 Å². The number of nitrogens with one attached hydrogen (secondary N) is 1. The molecule has 0 spiro atoms. The van der Waals surface area contributed by atoms with Gasteiger partial charge in [-0.05, 0) is 35.9 Å². The second kappa shape index (κ2) is 9.08. The van der Waals surface area contributed by atoms with Crippen molar-refractivity contribution in [2.45, 2.75) is 25.4 Å². The van der Waals surface area contributed by atoms with Crippen LogP contribution in [0.15, 0.2) is 78.9 Å². The van der Waals surface area contributed by atoms with E-state index in [-0.39, 0.29) is 24.3 Å². The van der Waals surface area contributed by atoms with Crippen LogP contribution in [0.5, 0.6) is 0 Å². The number of likely N-dealkylation sites (tertiary alicyclic amines) is 1. The van der Waals surface area contributed by atoms with Crippen molar-refractivity contribution in [1.29, 1.82) is 0 Å². The Morgan fingerprint density at radius 3 is 2.64 bits per heavy atom. The second-order valence-corrected chi connectivity index (χ2v) is 8.70. The van der Waals surface area contributed by atoms with E-state index in [4.69, 9.17) is 16.6 Å². The lowest BCUT2D eigenvalue weighted by molar-refractivity contribution is -0.128. The second-order valence-electron chi connectivity index (χ2n) is 8.26. The number of rotatable bonds is 6. The molecular weight excluding hydrogens is 436 g/mol. The normalized spacial score (nSPS) is 15.8. The SMILES string of the molecule is O=C(Cn1c([C@@H]2CC(=O)N(Cc3ccccc3)C2)nc2ccccc21)Nc1cccc(Cl)c1. The molecule has 3 aromatic carbocycles. The predicted molar refractivity (Wildman–Crippen MR) is 129 cm³/mol. The van der Waals surface area contributed by atoms with Gasteiger partial charge in [-0.3, -0.25) is 9.59 Å². The minimum atomic E-state index is -0.174. The number of benzene rings is 3. The summed E-state index contributed by atoms with van der Waals surface area (Å²) in [5.74, 6) is 0.618. The maximum Gasteiger partial charge on any atom is 0.244 e. The summed E-state index contributed by atoms with van der Waals surface area (Å²) in [6, 6.07) is 24.8. The van der Waals surface area contributed by atoms with Crippen LogP contribution >= 0.6 is 11.6 Å². The van der Waals surface area contributed by atoms with Crippen LogP contribution in [0.3, 0.4) is 0 Å². The largest absolute Gasteiger partial charge is 0.338 e. The van der Waals surface area contributed by atoms with E-state index in [0.717, 1.165) is 22.4 Å². The topological polar surface area (TPSA) is 67.2 Å². The zero-order valence-electron chi connectivity index (χ0n) is 17.9. The minimum Gasteiger partial charge on any atom is -0.338 e. The van der Waals surface area contributed by atoms with Crippen molar-refractivity contribution >= 4 is 40.1 Å². The molecule has 1 atom stereocenters. The van der Waals surface area contributed by atoms with Gasteiger partial charge in [0.25, 0.3) is 0 Å². The number of carbonyl (C=O) groups excluding carboxylic acids is 2. The zero-order chi connectivity index (χ0) is 22.8. The summed E-state index contributed by atoms with van der Waals surface area (Å²) in [7, 11) is 0. The van der Waals surface area contributed by atoms with Crippen molar-refractivity contribution in [3.63, 3.8) is 0 Å². The third-order valence-electron chi connectivity index (χ3n) is 5.89. The summed E-state index contributed by atoms with van der Waals surface area (Å²) in [5, 5.41) is 3.46. The first kappa shape index (κ1) is 21.2. The van der Waals surface area contributed by atoms with Gasteiger partial charge in [0.1, 0.15) is 12.4 Å². The molecule has 1 aliphatic rings. The zero-order valence-corrected chi connectivity index (χ0v) is 18.7. The molecular formula is C26H23ClN4O2. The van der Waals surface area contributed by atoms with Gasteiger partial charge in [0.2, 0.25) is 11.8 Å². The van der Waals surface area contributed by atoms with Crippen molar-refractivity contribution < 1.29 is 9.59 Å². The molecule has 2 amide bonds. The van der Waals surface area contributed by atoms with Gasteiger partial charge in [0.15, 0.2) is 0 Å². The average molecular weight is 459 g/mol. The molecule has 2 heterocycles. The number of aromatic nitrogens is 2. The van der Waals surface area contributed by atoms with Crippen molar-refractivity contribution in [3.8, 4) is 0 Å². The van der Waals surface area contributed by atoms with E-state index in [0.29, 0.717) is 30.2 Å². The standard InChI is InChI=1S/C26H23ClN4O2/c27-20-9-6-10-21(14-20)28-24(32)17-31-23-12-5-4-11-22(23)29-26(31)19-13-25(33)30(16-19)15-18-7-2-1-3-8-18/h1-12,14,19H,13,15-17H2,(H,28,32)/t19-/m1/s1. The highest BCUT2D eigenvalue weighted by Crippen LogP contribution is 2.31. The number of hydrogen-bond acceptors (Lipinski definition) is 3. The van der Waals surface area contributed by atoms with Gasteiger partial charge in [-0.15, -0.1) is 0 Å². The molecule has 1 fully saturated rings. The van der Waals surface area contributed by atoms with Crippen LogP contribution < -0.4 is 5.32 Å². The fourth-order valence-electron chi connectivity index (χ4n) is 4.38. The summed E-state index contributed by atoms with van der Waals surface area (Å²) >= 11 is 6.04. The highest BCUT2D eigenvalue weighted by atomic mass is 35.5. The van der Waals surface area contributed by atoms with Crippen LogP contribution in [-0.2, 0) is 22.7 Å². The maximum absolute atomic E-state index is 12.9. The summed E-state index contributed by atoms with van der Waals surface area (Å²) in [5.41, 5.74) is 3.43. The van der Waals surface area contributed by atoms with Crippen molar-refractivity contribution in [2.75, 3.05) is 11.9 Å². The lowest BCUT2D eigenvalue weighted by atomic mass is 10.1. The van der Waals surface area contributed by atoms with Gasteiger partial charge in [0.05, 0.1) is 11.0 Å². The highest BCUT2D eigenvalue weighted by molar-refractivity contribution is 6.30. The van der Waals surface area contributed by atoms with Crippen molar-refractivity contribution in [2.24, 2.45) is 0 Å². The van der Waals surface area contributed by atoms with Crippen LogP contribution in [0.25, 0.3) is 11.0 Å². The Balaban J connectivity index is 1.40.